The van der Waals surface area contributed by atoms with Crippen molar-refractivity contribution < 1.29 is 9.59 Å². The van der Waals surface area contributed by atoms with E-state index in [-0.39, 0.29) is 11.8 Å². The summed E-state index contributed by atoms with van der Waals surface area (Å²) in [5.41, 5.74) is 1.09. The van der Waals surface area contributed by atoms with Crippen molar-refractivity contribution in [3.8, 4) is 0 Å². The fraction of sp³-hybridized carbons (Fsp3) is 0.438. The topological polar surface area (TPSA) is 40.6 Å². The van der Waals surface area contributed by atoms with Gasteiger partial charge in [-0.25, -0.2) is 0 Å². The first kappa shape index (κ1) is 13.3. The Labute approximate surface area is 119 Å². The minimum absolute atomic E-state index is 0.141. The van der Waals surface area contributed by atoms with Gasteiger partial charge in [0.25, 0.3) is 11.8 Å². The molecule has 0 aromatic heterocycles. The average Bonchev–Trinajstić information content (AvgIpc) is 2.74. The summed E-state index contributed by atoms with van der Waals surface area (Å²) in [5.74, 6) is -0.282. The monoisotopic (exact) mass is 271 g/mol. The lowest BCUT2D eigenvalue weighted by atomic mass is 10.1. The normalized spacial score (nSPS) is 19.5. The van der Waals surface area contributed by atoms with Crippen LogP contribution in [0.15, 0.2) is 24.3 Å². The minimum Gasteiger partial charge on any atom is -0.303 e. The van der Waals surface area contributed by atoms with Gasteiger partial charge < -0.3 is 4.90 Å². The number of benzene rings is 1. The molecule has 3 rings (SSSR count). The van der Waals surface area contributed by atoms with Crippen molar-refractivity contribution in [1.29, 1.82) is 0 Å². The highest BCUT2D eigenvalue weighted by atomic mass is 16.2. The SMILES string of the molecule is O=C1c2ccccc2C(=O)N1CCCN1CC[CH]CC1. The Morgan fingerprint density at radius 2 is 1.50 bits per heavy atom. The first-order valence-corrected chi connectivity index (χ1v) is 7.26. The van der Waals surface area contributed by atoms with Gasteiger partial charge in [-0.05, 0) is 57.5 Å². The number of carbonyl (C=O) groups excluding carboxylic acids is 2. The smallest absolute Gasteiger partial charge is 0.261 e. The molecule has 4 nitrogen and oxygen atoms in total. The quantitative estimate of drug-likeness (QED) is 0.786. The molecule has 2 aliphatic heterocycles. The highest BCUT2D eigenvalue weighted by Crippen LogP contribution is 2.22. The molecule has 105 valence electrons. The number of likely N-dealkylation sites (tertiary alicyclic amines) is 1. The van der Waals surface area contributed by atoms with Gasteiger partial charge in [0.1, 0.15) is 0 Å². The van der Waals surface area contributed by atoms with Gasteiger partial charge in [0.2, 0.25) is 0 Å². The van der Waals surface area contributed by atoms with Gasteiger partial charge in [-0.3, -0.25) is 14.5 Å². The van der Waals surface area contributed by atoms with Crippen molar-refractivity contribution in [2.45, 2.75) is 19.3 Å². The van der Waals surface area contributed by atoms with Crippen LogP contribution in [0.2, 0.25) is 0 Å². The van der Waals surface area contributed by atoms with Gasteiger partial charge in [0, 0.05) is 6.54 Å². The summed E-state index contributed by atoms with van der Waals surface area (Å²) in [6.45, 7) is 3.68. The molecule has 0 bridgehead atoms. The second kappa shape index (κ2) is 5.75. The van der Waals surface area contributed by atoms with Crippen LogP contribution in [-0.2, 0) is 0 Å². The Morgan fingerprint density at radius 1 is 0.900 bits per heavy atom. The van der Waals surface area contributed by atoms with Crippen molar-refractivity contribution in [3.63, 3.8) is 0 Å². The van der Waals surface area contributed by atoms with E-state index in [1.54, 1.807) is 24.3 Å². The molecule has 2 aliphatic rings. The largest absolute Gasteiger partial charge is 0.303 e. The molecule has 2 amide bonds. The maximum absolute atomic E-state index is 12.2. The molecule has 1 saturated heterocycles. The zero-order valence-corrected chi connectivity index (χ0v) is 11.5. The van der Waals surface area contributed by atoms with Gasteiger partial charge in [0.05, 0.1) is 11.1 Å². The van der Waals surface area contributed by atoms with Crippen LogP contribution in [0.25, 0.3) is 0 Å². The molecule has 1 aromatic carbocycles. The van der Waals surface area contributed by atoms with E-state index in [0.29, 0.717) is 17.7 Å². The Morgan fingerprint density at radius 3 is 2.10 bits per heavy atom. The van der Waals surface area contributed by atoms with E-state index in [2.05, 4.69) is 11.3 Å². The van der Waals surface area contributed by atoms with Gasteiger partial charge >= 0.3 is 0 Å². The number of fused-ring (bicyclic) bond motifs is 1. The number of carbonyl (C=O) groups is 2. The second-order valence-electron chi connectivity index (χ2n) is 5.37. The van der Waals surface area contributed by atoms with E-state index in [1.165, 1.54) is 4.90 Å². The molecule has 1 radical (unpaired) electrons. The Hall–Kier alpha value is -1.68. The van der Waals surface area contributed by atoms with Gasteiger partial charge in [0.15, 0.2) is 0 Å². The summed E-state index contributed by atoms with van der Waals surface area (Å²) in [6.07, 6.45) is 5.46. The van der Waals surface area contributed by atoms with Crippen LogP contribution in [0.5, 0.6) is 0 Å². The standard InChI is InChI=1S/C16H19N2O2/c19-15-13-7-2-3-8-14(13)16(20)18(15)12-6-11-17-9-4-1-5-10-17/h1-3,7-8H,4-6,9-12H2. The van der Waals surface area contributed by atoms with E-state index in [4.69, 9.17) is 0 Å². The van der Waals surface area contributed by atoms with Gasteiger partial charge in [-0.1, -0.05) is 12.1 Å². The predicted molar refractivity (Wildman–Crippen MR) is 76.4 cm³/mol. The second-order valence-corrected chi connectivity index (χ2v) is 5.37. The number of rotatable bonds is 4. The molecule has 1 aromatic rings. The Bertz CT molecular complexity index is 486. The number of nitrogens with zero attached hydrogens (tertiary/aromatic N) is 2. The lowest BCUT2D eigenvalue weighted by Gasteiger charge is -2.26. The van der Waals surface area contributed by atoms with Crippen LogP contribution >= 0.6 is 0 Å². The van der Waals surface area contributed by atoms with Crippen LogP contribution in [0.4, 0.5) is 0 Å². The molecule has 0 unspecified atom stereocenters. The first-order valence-electron chi connectivity index (χ1n) is 7.26. The molecule has 20 heavy (non-hydrogen) atoms. The summed E-state index contributed by atoms with van der Waals surface area (Å²) in [7, 11) is 0. The lowest BCUT2D eigenvalue weighted by molar-refractivity contribution is 0.0647. The first-order chi connectivity index (χ1) is 9.77. The van der Waals surface area contributed by atoms with E-state index in [9.17, 15) is 9.59 Å². The highest BCUT2D eigenvalue weighted by molar-refractivity contribution is 6.21. The molecule has 0 saturated carbocycles. The summed E-state index contributed by atoms with van der Waals surface area (Å²) >= 11 is 0. The molecule has 0 spiro atoms. The molecule has 4 heteroatoms. The van der Waals surface area contributed by atoms with Gasteiger partial charge in [-0.2, -0.15) is 0 Å². The molecular weight excluding hydrogens is 252 g/mol. The highest BCUT2D eigenvalue weighted by Gasteiger charge is 2.34. The third-order valence-corrected chi connectivity index (χ3v) is 4.03. The number of amides is 2. The fourth-order valence-corrected chi connectivity index (χ4v) is 2.92. The van der Waals surface area contributed by atoms with Crippen molar-refractivity contribution in [2.75, 3.05) is 26.2 Å². The maximum Gasteiger partial charge on any atom is 0.261 e. The summed E-state index contributed by atoms with van der Waals surface area (Å²) in [4.78, 5) is 28.1. The van der Waals surface area contributed by atoms with E-state index in [0.717, 1.165) is 38.9 Å². The van der Waals surface area contributed by atoms with E-state index < -0.39 is 0 Å². The summed E-state index contributed by atoms with van der Waals surface area (Å²) < 4.78 is 0. The zero-order valence-electron chi connectivity index (χ0n) is 11.5. The van der Waals surface area contributed by atoms with Crippen molar-refractivity contribution in [1.82, 2.24) is 9.80 Å². The van der Waals surface area contributed by atoms with Crippen LogP contribution < -0.4 is 0 Å². The lowest BCUT2D eigenvalue weighted by Crippen LogP contribution is -2.35. The van der Waals surface area contributed by atoms with Crippen LogP contribution in [0, 0.1) is 6.42 Å². The third kappa shape index (κ3) is 2.48. The van der Waals surface area contributed by atoms with Gasteiger partial charge in [-0.15, -0.1) is 0 Å². The average molecular weight is 271 g/mol. The summed E-state index contributed by atoms with van der Waals surface area (Å²) in [6, 6.07) is 7.07. The van der Waals surface area contributed by atoms with Crippen LogP contribution in [0.3, 0.4) is 0 Å². The fourth-order valence-electron chi connectivity index (χ4n) is 2.92. The van der Waals surface area contributed by atoms with Crippen LogP contribution in [0.1, 0.15) is 40.0 Å². The van der Waals surface area contributed by atoms with E-state index >= 15 is 0 Å². The summed E-state index contributed by atoms with van der Waals surface area (Å²) in [5, 5.41) is 0. The minimum atomic E-state index is -0.141. The number of piperidine rings is 1. The molecule has 0 atom stereocenters. The zero-order chi connectivity index (χ0) is 13.9. The van der Waals surface area contributed by atoms with E-state index in [1.807, 2.05) is 0 Å². The molecule has 2 heterocycles. The number of hydrogen-bond acceptors (Lipinski definition) is 3. The Kier molecular flexibility index (Phi) is 3.83. The number of imide groups is 1. The molecule has 1 fully saturated rings. The van der Waals surface area contributed by atoms with Crippen LogP contribution in [-0.4, -0.2) is 47.8 Å². The third-order valence-electron chi connectivity index (χ3n) is 4.03. The predicted octanol–water partition coefficient (Wildman–Crippen LogP) is 1.97. The van der Waals surface area contributed by atoms with Crippen molar-refractivity contribution in [3.05, 3.63) is 41.8 Å². The van der Waals surface area contributed by atoms with Crippen molar-refractivity contribution >= 4 is 11.8 Å². The molecular formula is C16H19N2O2. The maximum atomic E-state index is 12.2. The molecule has 0 aliphatic carbocycles. The molecule has 0 N–H and O–H groups in total. The number of hydrogen-bond donors (Lipinski definition) is 0. The van der Waals surface area contributed by atoms with Crippen molar-refractivity contribution in [2.24, 2.45) is 0 Å². The Balaban J connectivity index is 1.56.